The van der Waals surface area contributed by atoms with Crippen molar-refractivity contribution in [2.24, 2.45) is 5.41 Å². The highest BCUT2D eigenvalue weighted by atomic mass is 35.5. The molecule has 0 atom stereocenters. The van der Waals surface area contributed by atoms with Gasteiger partial charge in [0, 0.05) is 48.3 Å². The number of carbonyl (C=O) groups excluding carboxylic acids is 2. The first-order valence-electron chi connectivity index (χ1n) is 11.5. The van der Waals surface area contributed by atoms with Crippen molar-refractivity contribution in [3.05, 3.63) is 74.2 Å². The van der Waals surface area contributed by atoms with Crippen molar-refractivity contribution >= 4 is 46.1 Å². The fraction of sp³-hybridized carbons (Fsp3) is 0.308. The van der Waals surface area contributed by atoms with Crippen LogP contribution in [0.25, 0.3) is 11.3 Å². The van der Waals surface area contributed by atoms with Gasteiger partial charge in [-0.2, -0.15) is 9.78 Å². The van der Waals surface area contributed by atoms with E-state index in [9.17, 15) is 14.4 Å². The van der Waals surface area contributed by atoms with Gasteiger partial charge in [0.25, 0.3) is 11.5 Å². The number of pyridine rings is 1. The smallest absolute Gasteiger partial charge is 0.254 e. The van der Waals surface area contributed by atoms with Crippen molar-refractivity contribution in [2.45, 2.75) is 33.9 Å². The number of halogens is 1. The third-order valence-corrected chi connectivity index (χ3v) is 6.87. The molecule has 0 unspecified atom stereocenters. The summed E-state index contributed by atoms with van der Waals surface area (Å²) in [6.07, 6.45) is 4.36. The van der Waals surface area contributed by atoms with Crippen molar-refractivity contribution in [3.8, 4) is 11.3 Å². The van der Waals surface area contributed by atoms with Gasteiger partial charge in [-0.25, -0.2) is 0 Å². The molecule has 4 aromatic heterocycles. The summed E-state index contributed by atoms with van der Waals surface area (Å²) in [7, 11) is 3.63. The molecule has 0 spiro atoms. The van der Waals surface area contributed by atoms with Gasteiger partial charge in [-0.3, -0.25) is 14.4 Å². The summed E-state index contributed by atoms with van der Waals surface area (Å²) in [5, 5.41) is 7.94. The first-order chi connectivity index (χ1) is 17.4. The summed E-state index contributed by atoms with van der Waals surface area (Å²) >= 11 is 7.52. The number of anilines is 2. The van der Waals surface area contributed by atoms with Gasteiger partial charge in [0.1, 0.15) is 12.1 Å². The third-order valence-electron chi connectivity index (χ3n) is 5.63. The normalized spacial score (nSPS) is 11.5. The molecule has 0 aliphatic carbocycles. The largest absolute Gasteiger partial charge is 0.472 e. The van der Waals surface area contributed by atoms with E-state index in [1.54, 1.807) is 23.2 Å². The number of hydrogen-bond acceptors (Lipinski definition) is 8. The van der Waals surface area contributed by atoms with Gasteiger partial charge in [-0.05, 0) is 18.2 Å². The molecular weight excluding hydrogens is 514 g/mol. The molecule has 11 heteroatoms. The van der Waals surface area contributed by atoms with E-state index >= 15 is 0 Å². The first kappa shape index (κ1) is 26.4. The minimum atomic E-state index is -0.688. The molecule has 4 aromatic rings. The van der Waals surface area contributed by atoms with E-state index in [1.165, 1.54) is 39.2 Å². The van der Waals surface area contributed by atoms with Gasteiger partial charge < -0.3 is 19.2 Å². The highest BCUT2D eigenvalue weighted by Crippen LogP contribution is 2.32. The average molecular weight is 542 g/mol. The average Bonchev–Trinajstić information content (AvgIpc) is 3.58. The zero-order valence-corrected chi connectivity index (χ0v) is 22.8. The summed E-state index contributed by atoms with van der Waals surface area (Å²) in [5.74, 6) is 0.0570. The van der Waals surface area contributed by atoms with Crippen LogP contribution in [0.1, 0.15) is 40.8 Å². The number of carbonyl (C=O) groups is 2. The molecule has 0 saturated carbocycles. The highest BCUT2D eigenvalue weighted by molar-refractivity contribution is 7.16. The summed E-state index contributed by atoms with van der Waals surface area (Å²) in [5.41, 5.74) is 1.06. The Balaban J connectivity index is 1.77. The van der Waals surface area contributed by atoms with Crippen LogP contribution in [0.3, 0.4) is 0 Å². The second-order valence-electron chi connectivity index (χ2n) is 9.81. The van der Waals surface area contributed by atoms with Crippen molar-refractivity contribution in [1.29, 1.82) is 0 Å². The van der Waals surface area contributed by atoms with Crippen LogP contribution in [-0.4, -0.2) is 40.1 Å². The number of furan rings is 1. The zero-order valence-electron chi connectivity index (χ0n) is 21.2. The molecule has 0 aliphatic heterocycles. The van der Waals surface area contributed by atoms with Crippen LogP contribution in [-0.2, 0) is 13.1 Å². The van der Waals surface area contributed by atoms with Crippen LogP contribution >= 0.6 is 22.9 Å². The van der Waals surface area contributed by atoms with Crippen molar-refractivity contribution in [1.82, 2.24) is 14.3 Å². The summed E-state index contributed by atoms with van der Waals surface area (Å²) in [4.78, 5) is 41.6. The topological polar surface area (TPSA) is 102 Å². The lowest BCUT2D eigenvalue weighted by atomic mass is 9.96. The number of rotatable bonds is 8. The Morgan fingerprint density at radius 3 is 2.54 bits per heavy atom. The van der Waals surface area contributed by atoms with E-state index in [0.29, 0.717) is 39.2 Å². The Morgan fingerprint density at radius 2 is 1.95 bits per heavy atom. The van der Waals surface area contributed by atoms with Crippen LogP contribution in [0.5, 0.6) is 0 Å². The molecule has 0 amide bonds. The quantitative estimate of drug-likeness (QED) is 0.303. The summed E-state index contributed by atoms with van der Waals surface area (Å²) in [6, 6.07) is 8.53. The van der Waals surface area contributed by atoms with Crippen LogP contribution in [0.2, 0.25) is 4.34 Å². The van der Waals surface area contributed by atoms with Gasteiger partial charge >= 0.3 is 0 Å². The van der Waals surface area contributed by atoms with E-state index in [-0.39, 0.29) is 23.8 Å². The molecule has 194 valence electrons. The SMILES string of the molecule is CN(C)c1cc(=O)n(CC(=O)c2ccoc2)cc1-c1cc(NCc2ccc(Cl)s2)n(C(=O)C(C)(C)C)n1. The minimum Gasteiger partial charge on any atom is -0.472 e. The van der Waals surface area contributed by atoms with Gasteiger partial charge in [-0.15, -0.1) is 11.3 Å². The van der Waals surface area contributed by atoms with Crippen LogP contribution in [0.4, 0.5) is 11.5 Å². The molecule has 0 aromatic carbocycles. The van der Waals surface area contributed by atoms with E-state index in [2.05, 4.69) is 10.4 Å². The lowest BCUT2D eigenvalue weighted by Crippen LogP contribution is -2.29. The number of Topliss-reactive ketones (excluding diaryl/α,β-unsaturated/α-hetero) is 1. The molecule has 9 nitrogen and oxygen atoms in total. The number of nitrogens with one attached hydrogen (secondary N) is 1. The second kappa shape index (κ2) is 10.4. The molecular formula is C26H28ClN5O4S. The van der Waals surface area contributed by atoms with E-state index < -0.39 is 5.41 Å². The molecule has 37 heavy (non-hydrogen) atoms. The van der Waals surface area contributed by atoms with Crippen molar-refractivity contribution < 1.29 is 14.0 Å². The summed E-state index contributed by atoms with van der Waals surface area (Å²) in [6.45, 7) is 5.77. The van der Waals surface area contributed by atoms with E-state index in [4.69, 9.17) is 16.0 Å². The number of nitrogens with zero attached hydrogens (tertiary/aromatic N) is 4. The Hall–Kier alpha value is -3.63. The van der Waals surface area contributed by atoms with E-state index in [1.807, 2.05) is 47.0 Å². The molecule has 0 saturated heterocycles. The highest BCUT2D eigenvalue weighted by Gasteiger charge is 2.28. The predicted molar refractivity (Wildman–Crippen MR) is 146 cm³/mol. The lowest BCUT2D eigenvalue weighted by molar-refractivity contribution is 0.0752. The van der Waals surface area contributed by atoms with Gasteiger partial charge in [0.2, 0.25) is 0 Å². The minimum absolute atomic E-state index is 0.162. The van der Waals surface area contributed by atoms with Crippen LogP contribution < -0.4 is 15.8 Å². The monoisotopic (exact) mass is 541 g/mol. The fourth-order valence-electron chi connectivity index (χ4n) is 3.66. The maximum absolute atomic E-state index is 13.3. The lowest BCUT2D eigenvalue weighted by Gasteiger charge is -2.19. The number of ketones is 1. The Morgan fingerprint density at radius 1 is 1.19 bits per heavy atom. The Bertz CT molecular complexity index is 1490. The maximum atomic E-state index is 13.3. The maximum Gasteiger partial charge on any atom is 0.254 e. The first-order valence-corrected chi connectivity index (χ1v) is 12.7. The third kappa shape index (κ3) is 5.86. The zero-order chi connectivity index (χ0) is 26.9. The van der Waals surface area contributed by atoms with Gasteiger partial charge in [0.05, 0.1) is 40.6 Å². The molecule has 1 N–H and O–H groups in total. The molecule has 4 heterocycles. The molecule has 4 rings (SSSR count). The van der Waals surface area contributed by atoms with Crippen LogP contribution in [0.15, 0.2) is 58.3 Å². The second-order valence-corrected chi connectivity index (χ2v) is 11.6. The Kier molecular flexibility index (Phi) is 7.42. The van der Waals surface area contributed by atoms with Gasteiger partial charge in [0.15, 0.2) is 5.78 Å². The van der Waals surface area contributed by atoms with Gasteiger partial charge in [-0.1, -0.05) is 32.4 Å². The molecule has 0 radical (unpaired) electrons. The number of thiophene rings is 1. The molecule has 0 aliphatic rings. The molecule has 0 fully saturated rings. The van der Waals surface area contributed by atoms with Crippen LogP contribution in [0, 0.1) is 5.41 Å². The predicted octanol–water partition coefficient (Wildman–Crippen LogP) is 5.27. The Labute approximate surface area is 223 Å². The van der Waals surface area contributed by atoms with Crippen molar-refractivity contribution in [2.75, 3.05) is 24.3 Å². The standard InChI is InChI=1S/C26H28ClN5O4S/c1-26(2,3)25(35)32-23(28-12-17-6-7-22(27)37-17)10-19(29-32)18-13-31(24(34)11-20(18)30(4)5)14-21(33)16-8-9-36-15-16/h6-11,13,15,28H,12,14H2,1-5H3. The summed E-state index contributed by atoms with van der Waals surface area (Å²) < 4.78 is 8.37. The number of hydrogen-bond donors (Lipinski definition) is 1. The molecule has 0 bridgehead atoms. The van der Waals surface area contributed by atoms with E-state index in [0.717, 1.165) is 4.88 Å². The fourth-order valence-corrected chi connectivity index (χ4v) is 4.69. The number of aromatic nitrogens is 3. The van der Waals surface area contributed by atoms with Crippen molar-refractivity contribution in [3.63, 3.8) is 0 Å².